The Morgan fingerprint density at radius 3 is 3.20 bits per heavy atom. The fourth-order valence-electron chi connectivity index (χ4n) is 1.43. The van der Waals surface area contributed by atoms with Gasteiger partial charge in [-0.1, -0.05) is 4.49 Å². The number of amides is 1. The van der Waals surface area contributed by atoms with Gasteiger partial charge in [-0.2, -0.15) is 0 Å². The van der Waals surface area contributed by atoms with E-state index in [1.165, 1.54) is 13.3 Å². The van der Waals surface area contributed by atoms with Crippen LogP contribution in [0.1, 0.15) is 6.42 Å². The average molecular weight is 229 g/mol. The number of nitrogens with one attached hydrogen (secondary N) is 1. The zero-order valence-electron chi connectivity index (χ0n) is 8.23. The lowest BCUT2D eigenvalue weighted by Gasteiger charge is -2.23. The van der Waals surface area contributed by atoms with Crippen molar-refractivity contribution in [3.05, 3.63) is 6.20 Å². The van der Waals surface area contributed by atoms with Gasteiger partial charge in [0.1, 0.15) is 5.00 Å². The van der Waals surface area contributed by atoms with Gasteiger partial charge in [-0.25, -0.2) is 0 Å². The normalized spacial score (nSPS) is 25.4. The molecule has 2 heterocycles. The smallest absolute Gasteiger partial charge is 0.259 e. The molecule has 15 heavy (non-hydrogen) atoms. The maximum atomic E-state index is 11.9. The van der Waals surface area contributed by atoms with Gasteiger partial charge in [0, 0.05) is 25.1 Å². The number of rotatable bonds is 3. The molecule has 7 heteroatoms. The number of carbonyl (C=O) groups excluding carboxylic acids is 1. The molecule has 0 spiro atoms. The van der Waals surface area contributed by atoms with Gasteiger partial charge >= 0.3 is 0 Å². The summed E-state index contributed by atoms with van der Waals surface area (Å²) in [4.78, 5) is 11.9. The van der Waals surface area contributed by atoms with E-state index in [1.807, 2.05) is 0 Å². The van der Waals surface area contributed by atoms with E-state index in [9.17, 15) is 4.79 Å². The number of nitrogens with zero attached hydrogens (tertiary/aromatic N) is 2. The molecule has 1 N–H and O–H groups in total. The highest BCUT2D eigenvalue weighted by molar-refractivity contribution is 7.10. The Balaban J connectivity index is 2.06. The largest absolute Gasteiger partial charge is 0.378 e. The lowest BCUT2D eigenvalue weighted by Crippen LogP contribution is -2.45. The van der Waals surface area contributed by atoms with Crippen molar-refractivity contribution < 1.29 is 14.3 Å². The number of carbonyl (C=O) groups is 1. The number of hydrogen-bond acceptors (Lipinski definition) is 6. The Kier molecular flexibility index (Phi) is 2.94. The van der Waals surface area contributed by atoms with E-state index in [0.717, 1.165) is 11.5 Å². The number of ether oxygens (including phenoxy) is 2. The molecule has 1 aromatic heterocycles. The molecule has 1 aliphatic heterocycles. The zero-order chi connectivity index (χ0) is 10.7. The van der Waals surface area contributed by atoms with Crippen molar-refractivity contribution in [2.75, 3.05) is 25.6 Å². The van der Waals surface area contributed by atoms with Crippen molar-refractivity contribution in [3.8, 4) is 0 Å². The van der Waals surface area contributed by atoms with Crippen molar-refractivity contribution >= 4 is 22.4 Å². The summed E-state index contributed by atoms with van der Waals surface area (Å²) in [6.07, 6.45) is 2.07. The van der Waals surface area contributed by atoms with Gasteiger partial charge in [-0.3, -0.25) is 4.79 Å². The SMILES string of the molecule is COC1(C(=O)Nc2cnns2)CCOC1. The van der Waals surface area contributed by atoms with Crippen LogP contribution in [0.5, 0.6) is 0 Å². The average Bonchev–Trinajstić information content (AvgIpc) is 2.87. The Bertz CT molecular complexity index is 335. The molecular weight excluding hydrogens is 218 g/mol. The van der Waals surface area contributed by atoms with Crippen LogP contribution < -0.4 is 5.32 Å². The van der Waals surface area contributed by atoms with E-state index < -0.39 is 5.60 Å². The standard InChI is InChI=1S/C8H11N3O3S/c1-13-8(2-3-14-5-8)7(12)10-6-4-9-11-15-6/h4H,2-3,5H2,1H3,(H,10,12). The molecule has 0 saturated carbocycles. The van der Waals surface area contributed by atoms with Gasteiger partial charge in [0.05, 0.1) is 19.4 Å². The second kappa shape index (κ2) is 4.21. The molecule has 6 nitrogen and oxygen atoms in total. The van der Waals surface area contributed by atoms with Crippen molar-refractivity contribution in [1.29, 1.82) is 0 Å². The van der Waals surface area contributed by atoms with E-state index in [1.54, 1.807) is 0 Å². The second-order valence-corrected chi connectivity index (χ2v) is 4.02. The van der Waals surface area contributed by atoms with Crippen LogP contribution in [0.2, 0.25) is 0 Å². The second-order valence-electron chi connectivity index (χ2n) is 3.24. The van der Waals surface area contributed by atoms with Gasteiger partial charge in [0.15, 0.2) is 5.60 Å². The monoisotopic (exact) mass is 229 g/mol. The summed E-state index contributed by atoms with van der Waals surface area (Å²) in [5.74, 6) is -0.200. The van der Waals surface area contributed by atoms with Crippen LogP contribution in [0.3, 0.4) is 0 Å². The molecular formula is C8H11N3O3S. The minimum atomic E-state index is -0.857. The lowest BCUT2D eigenvalue weighted by atomic mass is 10.0. The summed E-state index contributed by atoms with van der Waals surface area (Å²) in [5.41, 5.74) is -0.857. The predicted molar refractivity (Wildman–Crippen MR) is 53.7 cm³/mol. The van der Waals surface area contributed by atoms with E-state index in [4.69, 9.17) is 9.47 Å². The topological polar surface area (TPSA) is 73.3 Å². The third kappa shape index (κ3) is 1.99. The minimum absolute atomic E-state index is 0.200. The first-order valence-electron chi connectivity index (χ1n) is 4.48. The molecule has 1 amide bonds. The Hall–Kier alpha value is -1.05. The fourth-order valence-corrected chi connectivity index (χ4v) is 1.84. The third-order valence-corrected chi connectivity index (χ3v) is 2.97. The maximum Gasteiger partial charge on any atom is 0.259 e. The molecule has 1 atom stereocenters. The van der Waals surface area contributed by atoms with E-state index in [2.05, 4.69) is 14.9 Å². The molecule has 0 radical (unpaired) electrons. The summed E-state index contributed by atoms with van der Waals surface area (Å²) in [6.45, 7) is 0.837. The molecule has 1 saturated heterocycles. The first-order valence-corrected chi connectivity index (χ1v) is 5.26. The van der Waals surface area contributed by atoms with Gasteiger partial charge in [0.25, 0.3) is 5.91 Å². The van der Waals surface area contributed by atoms with E-state index in [0.29, 0.717) is 24.6 Å². The lowest BCUT2D eigenvalue weighted by molar-refractivity contribution is -0.137. The highest BCUT2D eigenvalue weighted by atomic mass is 32.1. The molecule has 0 aromatic carbocycles. The highest BCUT2D eigenvalue weighted by Crippen LogP contribution is 2.24. The number of hydrogen-bond donors (Lipinski definition) is 1. The third-order valence-electron chi connectivity index (χ3n) is 2.39. The molecule has 82 valence electrons. The van der Waals surface area contributed by atoms with Crippen molar-refractivity contribution in [1.82, 2.24) is 9.59 Å². The minimum Gasteiger partial charge on any atom is -0.378 e. The van der Waals surface area contributed by atoms with E-state index >= 15 is 0 Å². The van der Waals surface area contributed by atoms with Crippen LogP contribution >= 0.6 is 11.5 Å². The summed E-state index contributed by atoms with van der Waals surface area (Å²) < 4.78 is 14.1. The Labute approximate surface area is 90.7 Å². The summed E-state index contributed by atoms with van der Waals surface area (Å²) in [6, 6.07) is 0. The first kappa shape index (κ1) is 10.5. The summed E-state index contributed by atoms with van der Waals surface area (Å²) in [7, 11) is 1.51. The number of aromatic nitrogens is 2. The van der Waals surface area contributed by atoms with Crippen molar-refractivity contribution in [3.63, 3.8) is 0 Å². The fraction of sp³-hybridized carbons (Fsp3) is 0.625. The highest BCUT2D eigenvalue weighted by Gasteiger charge is 2.42. The Morgan fingerprint density at radius 1 is 1.80 bits per heavy atom. The maximum absolute atomic E-state index is 11.9. The van der Waals surface area contributed by atoms with Crippen LogP contribution in [0.25, 0.3) is 0 Å². The predicted octanol–water partition coefficient (Wildman–Crippen LogP) is 0.282. The quantitative estimate of drug-likeness (QED) is 0.806. The molecule has 1 aromatic rings. The molecule has 0 aliphatic carbocycles. The molecule has 2 rings (SSSR count). The van der Waals surface area contributed by atoms with Crippen molar-refractivity contribution in [2.24, 2.45) is 0 Å². The summed E-state index contributed by atoms with van der Waals surface area (Å²) >= 11 is 1.13. The van der Waals surface area contributed by atoms with Gasteiger partial charge < -0.3 is 14.8 Å². The number of methoxy groups -OCH3 is 1. The zero-order valence-corrected chi connectivity index (χ0v) is 9.04. The Morgan fingerprint density at radius 2 is 2.67 bits per heavy atom. The van der Waals surface area contributed by atoms with Crippen LogP contribution in [0.4, 0.5) is 5.00 Å². The van der Waals surface area contributed by atoms with Crippen LogP contribution in [-0.2, 0) is 14.3 Å². The van der Waals surface area contributed by atoms with Crippen LogP contribution in [0.15, 0.2) is 6.20 Å². The van der Waals surface area contributed by atoms with Gasteiger partial charge in [0.2, 0.25) is 0 Å². The van der Waals surface area contributed by atoms with Crippen LogP contribution in [0, 0.1) is 0 Å². The molecule has 0 bridgehead atoms. The van der Waals surface area contributed by atoms with Gasteiger partial charge in [-0.05, 0) is 0 Å². The first-order chi connectivity index (χ1) is 7.27. The van der Waals surface area contributed by atoms with Crippen LogP contribution in [-0.4, -0.2) is 41.4 Å². The summed E-state index contributed by atoms with van der Waals surface area (Å²) in [5, 5.41) is 6.95. The molecule has 1 unspecified atom stereocenters. The number of anilines is 1. The van der Waals surface area contributed by atoms with Gasteiger partial charge in [-0.15, -0.1) is 5.10 Å². The van der Waals surface area contributed by atoms with E-state index in [-0.39, 0.29) is 5.91 Å². The molecule has 1 fully saturated rings. The molecule has 1 aliphatic rings. The van der Waals surface area contributed by atoms with Crippen molar-refractivity contribution in [2.45, 2.75) is 12.0 Å².